The molecular weight excluding hydrogens is 217 g/mol. The zero-order valence-electron chi connectivity index (χ0n) is 9.92. The minimum Gasteiger partial charge on any atom is -0.366 e. The summed E-state index contributed by atoms with van der Waals surface area (Å²) in [4.78, 5) is 11.3. The Kier molecular flexibility index (Phi) is 3.46. The Balaban J connectivity index is 2.20. The van der Waals surface area contributed by atoms with Gasteiger partial charge in [-0.1, -0.05) is 37.5 Å². The zero-order chi connectivity index (χ0) is 12.3. The highest BCUT2D eigenvalue weighted by Gasteiger charge is 2.32. The van der Waals surface area contributed by atoms with Gasteiger partial charge in [0.1, 0.15) is 5.67 Å². The Morgan fingerprint density at radius 3 is 2.53 bits per heavy atom. The maximum atomic E-state index is 14.5. The van der Waals surface area contributed by atoms with Crippen molar-refractivity contribution in [3.63, 3.8) is 0 Å². The average molecular weight is 235 g/mol. The summed E-state index contributed by atoms with van der Waals surface area (Å²) < 4.78 is 14.5. The molecule has 92 valence electrons. The van der Waals surface area contributed by atoms with E-state index in [9.17, 15) is 9.18 Å². The molecule has 3 heteroatoms. The Bertz CT molecular complexity index is 410. The van der Waals surface area contributed by atoms with Gasteiger partial charge in [0.15, 0.2) is 0 Å². The molecule has 2 rings (SSSR count). The monoisotopic (exact) mass is 235 g/mol. The largest absolute Gasteiger partial charge is 0.366 e. The third-order valence-corrected chi connectivity index (χ3v) is 3.54. The number of primary amides is 1. The topological polar surface area (TPSA) is 43.1 Å². The molecule has 2 nitrogen and oxygen atoms in total. The lowest BCUT2D eigenvalue weighted by atomic mass is 9.81. The molecule has 0 atom stereocenters. The molecule has 0 bridgehead atoms. The van der Waals surface area contributed by atoms with Gasteiger partial charge in [-0.15, -0.1) is 0 Å². The molecule has 0 aromatic heterocycles. The molecule has 0 radical (unpaired) electrons. The highest BCUT2D eigenvalue weighted by atomic mass is 19.1. The lowest BCUT2D eigenvalue weighted by molar-refractivity contribution is 0.0986. The summed E-state index contributed by atoms with van der Waals surface area (Å²) in [6.07, 6.45) is 4.50. The highest BCUT2D eigenvalue weighted by molar-refractivity contribution is 5.94. The predicted molar refractivity (Wildman–Crippen MR) is 65.6 cm³/mol. The molecule has 1 aromatic rings. The molecular formula is C14H18FNO. The molecule has 1 aliphatic carbocycles. The summed E-state index contributed by atoms with van der Waals surface area (Å²) in [5.74, 6) is -0.472. The van der Waals surface area contributed by atoms with Crippen molar-refractivity contribution in [2.45, 2.75) is 44.2 Å². The van der Waals surface area contributed by atoms with Crippen molar-refractivity contribution >= 4 is 5.91 Å². The molecule has 0 aliphatic heterocycles. The summed E-state index contributed by atoms with van der Waals surface area (Å²) >= 11 is 0. The van der Waals surface area contributed by atoms with Gasteiger partial charge in [0, 0.05) is 12.0 Å². The molecule has 0 heterocycles. The molecule has 1 saturated carbocycles. The van der Waals surface area contributed by atoms with Crippen molar-refractivity contribution in [2.75, 3.05) is 0 Å². The summed E-state index contributed by atoms with van der Waals surface area (Å²) in [6.45, 7) is 0. The molecule has 17 heavy (non-hydrogen) atoms. The van der Waals surface area contributed by atoms with Crippen LogP contribution in [0.25, 0.3) is 0 Å². The molecule has 1 amide bonds. The van der Waals surface area contributed by atoms with E-state index in [2.05, 4.69) is 0 Å². The number of hydrogen-bond acceptors (Lipinski definition) is 1. The third-order valence-electron chi connectivity index (χ3n) is 3.54. The predicted octanol–water partition coefficient (Wildman–Crippen LogP) is 3.00. The first-order valence-corrected chi connectivity index (χ1v) is 6.17. The van der Waals surface area contributed by atoms with Crippen molar-refractivity contribution in [3.05, 3.63) is 35.4 Å². The zero-order valence-corrected chi connectivity index (χ0v) is 9.92. The fraction of sp³-hybridized carbons (Fsp3) is 0.500. The molecule has 2 N–H and O–H groups in total. The highest BCUT2D eigenvalue weighted by Crippen LogP contribution is 2.35. The van der Waals surface area contributed by atoms with Crippen molar-refractivity contribution in [3.8, 4) is 0 Å². The minimum atomic E-state index is -1.15. The normalized spacial score (nSPS) is 18.9. The van der Waals surface area contributed by atoms with E-state index in [4.69, 9.17) is 5.73 Å². The van der Waals surface area contributed by atoms with Gasteiger partial charge < -0.3 is 5.73 Å². The molecule has 0 saturated heterocycles. The maximum absolute atomic E-state index is 14.5. The molecule has 0 spiro atoms. The lowest BCUT2D eigenvalue weighted by Crippen LogP contribution is -2.30. The van der Waals surface area contributed by atoms with Gasteiger partial charge in [-0.25, -0.2) is 4.39 Å². The summed E-state index contributed by atoms with van der Waals surface area (Å²) in [7, 11) is 0. The number of rotatable bonds is 3. The van der Waals surface area contributed by atoms with E-state index >= 15 is 0 Å². The third kappa shape index (κ3) is 2.84. The number of amides is 1. The van der Waals surface area contributed by atoms with Gasteiger partial charge in [-0.05, 0) is 24.5 Å². The number of benzene rings is 1. The molecule has 0 unspecified atom stereocenters. The fourth-order valence-corrected chi connectivity index (χ4v) is 2.62. The number of halogens is 1. The molecule has 1 aliphatic rings. The smallest absolute Gasteiger partial charge is 0.248 e. The van der Waals surface area contributed by atoms with Gasteiger partial charge >= 0.3 is 0 Å². The second-order valence-electron chi connectivity index (χ2n) is 4.91. The average Bonchev–Trinajstić information content (AvgIpc) is 2.29. The standard InChI is InChI=1S/C14H18FNO/c15-14(8-4-1-5-9-14)10-11-6-2-3-7-12(11)13(16)17/h2-3,6-7H,1,4-5,8-10H2,(H2,16,17). The van der Waals surface area contributed by atoms with Gasteiger partial charge in [0.2, 0.25) is 5.91 Å². The molecule has 1 fully saturated rings. The summed E-state index contributed by atoms with van der Waals surface area (Å²) in [5, 5.41) is 0. The van der Waals surface area contributed by atoms with Crippen LogP contribution in [0, 0.1) is 0 Å². The van der Waals surface area contributed by atoms with E-state index in [0.29, 0.717) is 24.8 Å². The number of nitrogens with two attached hydrogens (primary N) is 1. The van der Waals surface area contributed by atoms with Gasteiger partial charge in [-0.2, -0.15) is 0 Å². The van der Waals surface area contributed by atoms with Crippen LogP contribution in [0.1, 0.15) is 48.0 Å². The Morgan fingerprint density at radius 1 is 1.24 bits per heavy atom. The SMILES string of the molecule is NC(=O)c1ccccc1CC1(F)CCCCC1. The van der Waals surface area contributed by atoms with E-state index in [-0.39, 0.29) is 0 Å². The van der Waals surface area contributed by atoms with E-state index in [1.807, 2.05) is 6.07 Å². The van der Waals surface area contributed by atoms with E-state index in [1.165, 1.54) is 0 Å². The van der Waals surface area contributed by atoms with Gasteiger partial charge in [0.05, 0.1) is 0 Å². The lowest BCUT2D eigenvalue weighted by Gasteiger charge is -2.30. The van der Waals surface area contributed by atoms with Crippen molar-refractivity contribution in [2.24, 2.45) is 5.73 Å². The van der Waals surface area contributed by atoms with Crippen LogP contribution >= 0.6 is 0 Å². The second kappa shape index (κ2) is 4.86. The maximum Gasteiger partial charge on any atom is 0.248 e. The van der Waals surface area contributed by atoms with E-state index < -0.39 is 11.6 Å². The Hall–Kier alpha value is -1.38. The van der Waals surface area contributed by atoms with Crippen molar-refractivity contribution < 1.29 is 9.18 Å². The van der Waals surface area contributed by atoms with Crippen molar-refractivity contribution in [1.29, 1.82) is 0 Å². The van der Waals surface area contributed by atoms with Crippen LogP contribution in [-0.4, -0.2) is 11.6 Å². The first-order valence-electron chi connectivity index (χ1n) is 6.17. The van der Waals surface area contributed by atoms with Crippen LogP contribution in [0.3, 0.4) is 0 Å². The van der Waals surface area contributed by atoms with E-state index in [1.54, 1.807) is 18.2 Å². The van der Waals surface area contributed by atoms with Crippen LogP contribution in [0.15, 0.2) is 24.3 Å². The van der Waals surface area contributed by atoms with E-state index in [0.717, 1.165) is 24.8 Å². The first kappa shape index (κ1) is 12.1. The van der Waals surface area contributed by atoms with Crippen molar-refractivity contribution in [1.82, 2.24) is 0 Å². The molecule has 1 aromatic carbocycles. The van der Waals surface area contributed by atoms with Gasteiger partial charge in [-0.3, -0.25) is 4.79 Å². The van der Waals surface area contributed by atoms with Crippen LogP contribution in [0.2, 0.25) is 0 Å². The summed E-state index contributed by atoms with van der Waals surface area (Å²) in [6, 6.07) is 7.06. The van der Waals surface area contributed by atoms with Crippen LogP contribution in [-0.2, 0) is 6.42 Å². The summed E-state index contributed by atoms with van der Waals surface area (Å²) in [5.41, 5.74) is 5.35. The Morgan fingerprint density at radius 2 is 1.88 bits per heavy atom. The second-order valence-corrected chi connectivity index (χ2v) is 4.91. The quantitative estimate of drug-likeness (QED) is 0.859. The van der Waals surface area contributed by atoms with Crippen LogP contribution in [0.4, 0.5) is 4.39 Å². The number of hydrogen-bond donors (Lipinski definition) is 1. The number of carbonyl (C=O) groups excluding carboxylic acids is 1. The fourth-order valence-electron chi connectivity index (χ4n) is 2.62. The first-order chi connectivity index (χ1) is 8.11. The minimum absolute atomic E-state index is 0.312. The van der Waals surface area contributed by atoms with Gasteiger partial charge in [0.25, 0.3) is 0 Å². The Labute approximate surface area is 101 Å². The van der Waals surface area contributed by atoms with Crippen LogP contribution < -0.4 is 5.73 Å². The van der Waals surface area contributed by atoms with Crippen LogP contribution in [0.5, 0.6) is 0 Å². The number of carbonyl (C=O) groups is 1. The number of alkyl halides is 1.